The molecule has 0 atom stereocenters. The van der Waals surface area contributed by atoms with E-state index in [4.69, 9.17) is 17.0 Å². The molecule has 0 spiro atoms. The summed E-state index contributed by atoms with van der Waals surface area (Å²) in [4.78, 5) is 29.1. The van der Waals surface area contributed by atoms with Crippen LogP contribution in [0.15, 0.2) is 29.1 Å². The summed E-state index contributed by atoms with van der Waals surface area (Å²) >= 11 is 5.32. The number of unbranched alkanes of at least 4 members (excludes halogenated alkanes) is 2. The zero-order valence-corrected chi connectivity index (χ0v) is 17.0. The van der Waals surface area contributed by atoms with Crippen LogP contribution in [0.3, 0.4) is 0 Å². The van der Waals surface area contributed by atoms with Crippen molar-refractivity contribution in [2.75, 3.05) is 39.4 Å². The molecule has 7 nitrogen and oxygen atoms in total. The van der Waals surface area contributed by atoms with Gasteiger partial charge < -0.3 is 19.9 Å². The minimum Gasteiger partial charge on any atom is -0.370 e. The average Bonchev–Trinajstić information content (AvgIpc) is 2.71. The zero-order chi connectivity index (χ0) is 19.8. The number of carbonyl (C=O) groups excluding carboxylic acids is 1. The maximum absolute atomic E-state index is 12.6. The summed E-state index contributed by atoms with van der Waals surface area (Å²) in [6.45, 7) is 5.91. The second kappa shape index (κ2) is 10.5. The highest BCUT2D eigenvalue weighted by Gasteiger charge is 2.13. The first-order valence-electron chi connectivity index (χ1n) is 10.0. The lowest BCUT2D eigenvalue weighted by Crippen LogP contribution is -3.14. The molecule has 0 radical (unpaired) electrons. The lowest BCUT2D eigenvalue weighted by molar-refractivity contribution is -0.906. The van der Waals surface area contributed by atoms with Crippen LogP contribution in [-0.4, -0.2) is 54.9 Å². The molecule has 0 saturated carbocycles. The maximum atomic E-state index is 12.6. The van der Waals surface area contributed by atoms with Gasteiger partial charge in [0, 0.05) is 13.0 Å². The summed E-state index contributed by atoms with van der Waals surface area (Å²) < 4.78 is 7.40. The number of para-hydroxylation sites is 1. The molecule has 1 fully saturated rings. The molecule has 28 heavy (non-hydrogen) atoms. The van der Waals surface area contributed by atoms with E-state index in [-0.39, 0.29) is 11.5 Å². The topological polar surface area (TPSA) is 80.6 Å². The molecule has 3 rings (SSSR count). The molecular formula is C20H29N4O3S+. The predicted molar refractivity (Wildman–Crippen MR) is 111 cm³/mol. The molecule has 1 saturated heterocycles. The van der Waals surface area contributed by atoms with Crippen LogP contribution in [0, 0.1) is 4.77 Å². The monoisotopic (exact) mass is 405 g/mol. The summed E-state index contributed by atoms with van der Waals surface area (Å²) in [5.41, 5.74) is 0.715. The molecule has 1 aromatic heterocycles. The number of rotatable bonds is 9. The first-order chi connectivity index (χ1) is 13.6. The van der Waals surface area contributed by atoms with E-state index >= 15 is 0 Å². The zero-order valence-electron chi connectivity index (χ0n) is 16.2. The van der Waals surface area contributed by atoms with Crippen LogP contribution in [-0.2, 0) is 16.1 Å². The Morgan fingerprint density at radius 1 is 1.21 bits per heavy atom. The Morgan fingerprint density at radius 2 is 2.00 bits per heavy atom. The van der Waals surface area contributed by atoms with Crippen LogP contribution in [0.5, 0.6) is 0 Å². The van der Waals surface area contributed by atoms with Crippen molar-refractivity contribution in [3.63, 3.8) is 0 Å². The van der Waals surface area contributed by atoms with Gasteiger partial charge in [0.1, 0.15) is 13.1 Å². The lowest BCUT2D eigenvalue weighted by Gasteiger charge is -2.23. The molecule has 1 aliphatic rings. The van der Waals surface area contributed by atoms with Crippen LogP contribution >= 0.6 is 12.2 Å². The van der Waals surface area contributed by atoms with Crippen molar-refractivity contribution in [3.05, 3.63) is 39.4 Å². The lowest BCUT2D eigenvalue weighted by atomic mass is 10.2. The van der Waals surface area contributed by atoms with E-state index in [1.165, 1.54) is 4.90 Å². The molecular weight excluding hydrogens is 376 g/mol. The van der Waals surface area contributed by atoms with E-state index in [9.17, 15) is 9.59 Å². The summed E-state index contributed by atoms with van der Waals surface area (Å²) in [5.74, 6) is 0.104. The molecule has 1 amide bonds. The smallest absolute Gasteiger partial charge is 0.262 e. The van der Waals surface area contributed by atoms with E-state index in [1.54, 1.807) is 4.57 Å². The van der Waals surface area contributed by atoms with E-state index in [0.29, 0.717) is 23.1 Å². The number of amides is 1. The molecule has 1 aliphatic heterocycles. The first kappa shape index (κ1) is 20.7. The number of hydrogen-bond donors (Lipinski definition) is 3. The minimum atomic E-state index is -0.0531. The van der Waals surface area contributed by atoms with Crippen molar-refractivity contribution in [3.8, 4) is 0 Å². The normalized spacial score (nSPS) is 15.0. The van der Waals surface area contributed by atoms with Gasteiger partial charge in [-0.1, -0.05) is 18.6 Å². The quantitative estimate of drug-likeness (QED) is 0.423. The molecule has 1 aromatic carbocycles. The largest absolute Gasteiger partial charge is 0.370 e. The highest BCUT2D eigenvalue weighted by atomic mass is 32.1. The molecule has 2 heterocycles. The van der Waals surface area contributed by atoms with Gasteiger partial charge in [0.2, 0.25) is 5.91 Å². The molecule has 0 unspecified atom stereocenters. The maximum Gasteiger partial charge on any atom is 0.262 e. The summed E-state index contributed by atoms with van der Waals surface area (Å²) in [6, 6.07) is 7.40. The number of H-pyrrole nitrogens is 1. The van der Waals surface area contributed by atoms with Crippen molar-refractivity contribution in [1.82, 2.24) is 14.9 Å². The summed E-state index contributed by atoms with van der Waals surface area (Å²) in [6.07, 6.45) is 3.05. The van der Waals surface area contributed by atoms with E-state index in [0.717, 1.165) is 64.2 Å². The van der Waals surface area contributed by atoms with Gasteiger partial charge in [-0.3, -0.25) is 14.2 Å². The van der Waals surface area contributed by atoms with Crippen molar-refractivity contribution in [2.45, 2.75) is 32.2 Å². The van der Waals surface area contributed by atoms with Gasteiger partial charge in [0.15, 0.2) is 4.77 Å². The molecule has 3 N–H and O–H groups in total. The third-order valence-electron chi connectivity index (χ3n) is 5.18. The first-order valence-corrected chi connectivity index (χ1v) is 10.5. The summed E-state index contributed by atoms with van der Waals surface area (Å²) in [5, 5.41) is 3.65. The number of aromatic nitrogens is 2. The molecule has 2 aromatic rings. The highest BCUT2D eigenvalue weighted by molar-refractivity contribution is 7.71. The van der Waals surface area contributed by atoms with E-state index in [1.807, 2.05) is 24.3 Å². The van der Waals surface area contributed by atoms with Crippen LogP contribution in [0.4, 0.5) is 0 Å². The number of ether oxygens (including phenoxy) is 1. The van der Waals surface area contributed by atoms with E-state index < -0.39 is 0 Å². The van der Waals surface area contributed by atoms with Crippen LogP contribution in [0.2, 0.25) is 0 Å². The van der Waals surface area contributed by atoms with Crippen molar-refractivity contribution >= 4 is 29.0 Å². The van der Waals surface area contributed by atoms with Crippen molar-refractivity contribution in [2.24, 2.45) is 0 Å². The van der Waals surface area contributed by atoms with Gasteiger partial charge in [0.05, 0.1) is 37.2 Å². The number of nitrogens with zero attached hydrogens (tertiary/aromatic N) is 1. The fourth-order valence-electron chi connectivity index (χ4n) is 3.51. The number of hydrogen-bond acceptors (Lipinski definition) is 4. The Labute approximate surface area is 169 Å². The van der Waals surface area contributed by atoms with Crippen molar-refractivity contribution < 1.29 is 14.4 Å². The molecule has 8 heteroatoms. The third kappa shape index (κ3) is 5.73. The number of fused-ring (bicyclic) bond motifs is 1. The van der Waals surface area contributed by atoms with Gasteiger partial charge in [-0.05, 0) is 37.2 Å². The minimum absolute atomic E-state index is 0.0531. The number of aromatic amines is 1. The highest BCUT2D eigenvalue weighted by Crippen LogP contribution is 2.07. The number of quaternary nitrogens is 1. The Hall–Kier alpha value is -2.03. The Balaban J connectivity index is 1.35. The molecule has 0 aliphatic carbocycles. The Kier molecular flexibility index (Phi) is 7.76. The van der Waals surface area contributed by atoms with Gasteiger partial charge in [-0.15, -0.1) is 0 Å². The van der Waals surface area contributed by atoms with Crippen LogP contribution in [0.25, 0.3) is 10.9 Å². The fourth-order valence-corrected chi connectivity index (χ4v) is 3.80. The second-order valence-corrected chi connectivity index (χ2v) is 7.59. The number of benzene rings is 1. The SMILES string of the molecule is O=C(CCCCCn1c(=S)[nH]c2ccccc2c1=O)NCC[NH+]1CCOCC1. The van der Waals surface area contributed by atoms with Crippen LogP contribution < -0.4 is 15.8 Å². The van der Waals surface area contributed by atoms with Gasteiger partial charge in [-0.25, -0.2) is 0 Å². The van der Waals surface area contributed by atoms with Gasteiger partial charge >= 0.3 is 0 Å². The Bertz CT molecular complexity index is 902. The number of nitrogens with one attached hydrogen (secondary N) is 3. The summed E-state index contributed by atoms with van der Waals surface area (Å²) in [7, 11) is 0. The number of morpholine rings is 1. The third-order valence-corrected chi connectivity index (χ3v) is 5.50. The molecule has 0 bridgehead atoms. The van der Waals surface area contributed by atoms with Crippen molar-refractivity contribution in [1.29, 1.82) is 0 Å². The Morgan fingerprint density at radius 3 is 2.82 bits per heavy atom. The predicted octanol–water partition coefficient (Wildman–Crippen LogP) is 0.651. The van der Waals surface area contributed by atoms with Gasteiger partial charge in [0.25, 0.3) is 5.56 Å². The van der Waals surface area contributed by atoms with Crippen LogP contribution in [0.1, 0.15) is 25.7 Å². The average molecular weight is 406 g/mol. The van der Waals surface area contributed by atoms with E-state index in [2.05, 4.69) is 10.3 Å². The fraction of sp³-hybridized carbons (Fsp3) is 0.550. The standard InChI is InChI=1S/C20H28N4O3S/c25-18(21-9-11-23-12-14-27-15-13-23)8-2-1-5-10-24-19(26)16-6-3-4-7-17(16)22-20(24)28/h3-4,6-7H,1-2,5,8-15H2,(H,21,25)(H,22,28)/p+1. The second-order valence-electron chi connectivity index (χ2n) is 7.21. The number of carbonyl (C=O) groups is 1. The molecule has 152 valence electrons. The van der Waals surface area contributed by atoms with Gasteiger partial charge in [-0.2, -0.15) is 0 Å².